The summed E-state index contributed by atoms with van der Waals surface area (Å²) in [7, 11) is -3.42. The van der Waals surface area contributed by atoms with Crippen molar-refractivity contribution in [1.29, 1.82) is 5.26 Å². The maximum atomic E-state index is 12.6. The first-order valence-electron chi connectivity index (χ1n) is 6.53. The lowest BCUT2D eigenvalue weighted by molar-refractivity contribution is 0.379. The second kappa shape index (κ2) is 5.32. The van der Waals surface area contributed by atoms with Crippen LogP contribution < -0.4 is 0 Å². The van der Waals surface area contributed by atoms with Crippen molar-refractivity contribution < 1.29 is 8.42 Å². The molecule has 1 aromatic carbocycles. The van der Waals surface area contributed by atoms with Crippen molar-refractivity contribution in [2.75, 3.05) is 6.54 Å². The van der Waals surface area contributed by atoms with E-state index < -0.39 is 10.0 Å². The van der Waals surface area contributed by atoms with Gasteiger partial charge >= 0.3 is 0 Å². The summed E-state index contributed by atoms with van der Waals surface area (Å²) in [5.74, 6) is 0. The Hall–Kier alpha value is -1.38. The van der Waals surface area contributed by atoms with Gasteiger partial charge in [-0.15, -0.1) is 0 Å². The fourth-order valence-electron chi connectivity index (χ4n) is 2.59. The van der Waals surface area contributed by atoms with Crippen molar-refractivity contribution in [2.24, 2.45) is 0 Å². The van der Waals surface area contributed by atoms with E-state index in [1.165, 1.54) is 6.07 Å². The van der Waals surface area contributed by atoms with E-state index in [1.54, 1.807) is 23.4 Å². The molecule has 4 nitrogen and oxygen atoms in total. The number of hydrogen-bond donors (Lipinski definition) is 0. The molecule has 2 rings (SSSR count). The number of aryl methyl sites for hydroxylation is 1. The zero-order valence-corrected chi connectivity index (χ0v) is 12.1. The Labute approximate surface area is 114 Å². The van der Waals surface area contributed by atoms with Crippen molar-refractivity contribution in [2.45, 2.75) is 44.0 Å². The lowest BCUT2D eigenvalue weighted by atomic mass is 10.1. The Morgan fingerprint density at radius 3 is 2.79 bits per heavy atom. The first-order valence-corrected chi connectivity index (χ1v) is 7.97. The summed E-state index contributed by atoms with van der Waals surface area (Å²) in [5, 5.41) is 8.89. The summed E-state index contributed by atoms with van der Waals surface area (Å²) in [4.78, 5) is 0.296. The standard InChI is InChI=1S/C14H18N2O2S/c1-3-13-5-4-8-16(13)19(17,18)14-7-6-12(10-15)11(2)9-14/h6-7,9,13H,3-5,8H2,1-2H3. The van der Waals surface area contributed by atoms with E-state index in [9.17, 15) is 8.42 Å². The smallest absolute Gasteiger partial charge is 0.207 e. The predicted molar refractivity (Wildman–Crippen MR) is 73.1 cm³/mol. The molecular formula is C14H18N2O2S. The van der Waals surface area contributed by atoms with Crippen LogP contribution in [0.3, 0.4) is 0 Å². The van der Waals surface area contributed by atoms with E-state index in [-0.39, 0.29) is 6.04 Å². The van der Waals surface area contributed by atoms with Crippen LogP contribution >= 0.6 is 0 Å². The monoisotopic (exact) mass is 278 g/mol. The molecule has 0 radical (unpaired) electrons. The van der Waals surface area contributed by atoms with Gasteiger partial charge in [0, 0.05) is 12.6 Å². The highest BCUT2D eigenvalue weighted by Gasteiger charge is 2.34. The Balaban J connectivity index is 2.40. The predicted octanol–water partition coefficient (Wildman–Crippen LogP) is 2.43. The van der Waals surface area contributed by atoms with Crippen molar-refractivity contribution in [3.8, 4) is 6.07 Å². The van der Waals surface area contributed by atoms with Crippen LogP contribution in [-0.2, 0) is 10.0 Å². The Bertz CT molecular complexity index is 617. The largest absolute Gasteiger partial charge is 0.243 e. The van der Waals surface area contributed by atoms with Gasteiger partial charge in [-0.05, 0) is 49.9 Å². The molecule has 0 saturated carbocycles. The zero-order chi connectivity index (χ0) is 14.0. The van der Waals surface area contributed by atoms with E-state index in [4.69, 9.17) is 5.26 Å². The minimum Gasteiger partial charge on any atom is -0.207 e. The van der Waals surface area contributed by atoms with Crippen molar-refractivity contribution >= 4 is 10.0 Å². The molecule has 0 aliphatic carbocycles. The second-order valence-corrected chi connectivity index (χ2v) is 6.80. The molecule has 5 heteroatoms. The molecular weight excluding hydrogens is 260 g/mol. The number of hydrogen-bond acceptors (Lipinski definition) is 3. The van der Waals surface area contributed by atoms with E-state index in [1.807, 2.05) is 6.92 Å². The molecule has 0 aromatic heterocycles. The molecule has 0 N–H and O–H groups in total. The van der Waals surface area contributed by atoms with Gasteiger partial charge < -0.3 is 0 Å². The Morgan fingerprint density at radius 2 is 2.21 bits per heavy atom. The first-order chi connectivity index (χ1) is 9.00. The van der Waals surface area contributed by atoms with Gasteiger partial charge in [0.2, 0.25) is 10.0 Å². The summed E-state index contributed by atoms with van der Waals surface area (Å²) >= 11 is 0. The molecule has 0 spiro atoms. The molecule has 1 aliphatic heterocycles. The summed E-state index contributed by atoms with van der Waals surface area (Å²) in [6.07, 6.45) is 2.70. The molecule has 0 bridgehead atoms. The number of rotatable bonds is 3. The van der Waals surface area contributed by atoms with Crippen LogP contribution in [0.1, 0.15) is 37.3 Å². The average molecular weight is 278 g/mol. The minimum atomic E-state index is -3.42. The highest BCUT2D eigenvalue weighted by molar-refractivity contribution is 7.89. The summed E-state index contributed by atoms with van der Waals surface area (Å²) in [5.41, 5.74) is 1.23. The average Bonchev–Trinajstić information content (AvgIpc) is 2.87. The molecule has 1 aromatic rings. The third kappa shape index (κ3) is 2.51. The maximum absolute atomic E-state index is 12.6. The van der Waals surface area contributed by atoms with E-state index in [0.717, 1.165) is 19.3 Å². The molecule has 19 heavy (non-hydrogen) atoms. The van der Waals surface area contributed by atoms with Gasteiger partial charge in [0.05, 0.1) is 16.5 Å². The number of sulfonamides is 1. The van der Waals surface area contributed by atoms with Crippen LogP contribution in [0.4, 0.5) is 0 Å². The van der Waals surface area contributed by atoms with E-state index in [0.29, 0.717) is 22.6 Å². The highest BCUT2D eigenvalue weighted by atomic mass is 32.2. The van der Waals surface area contributed by atoms with E-state index in [2.05, 4.69) is 6.07 Å². The lowest BCUT2D eigenvalue weighted by Gasteiger charge is -2.23. The van der Waals surface area contributed by atoms with Gasteiger partial charge in [0.1, 0.15) is 0 Å². The van der Waals surface area contributed by atoms with Gasteiger partial charge in [-0.25, -0.2) is 8.42 Å². The third-order valence-electron chi connectivity index (χ3n) is 3.72. The van der Waals surface area contributed by atoms with Crippen LogP contribution in [0.25, 0.3) is 0 Å². The SMILES string of the molecule is CCC1CCCN1S(=O)(=O)c1ccc(C#N)c(C)c1. The minimum absolute atomic E-state index is 0.112. The van der Waals surface area contributed by atoms with E-state index >= 15 is 0 Å². The lowest BCUT2D eigenvalue weighted by Crippen LogP contribution is -2.35. The molecule has 1 atom stereocenters. The van der Waals surface area contributed by atoms with Crippen LogP contribution in [0.15, 0.2) is 23.1 Å². The molecule has 1 unspecified atom stereocenters. The topological polar surface area (TPSA) is 61.2 Å². The van der Waals surface area contributed by atoms with Gasteiger partial charge in [0.25, 0.3) is 0 Å². The van der Waals surface area contributed by atoms with Crippen LogP contribution in [0, 0.1) is 18.3 Å². The second-order valence-electron chi connectivity index (χ2n) is 4.91. The quantitative estimate of drug-likeness (QED) is 0.853. The first kappa shape index (κ1) is 14.0. The molecule has 1 fully saturated rings. The van der Waals surface area contributed by atoms with Gasteiger partial charge in [0.15, 0.2) is 0 Å². The Morgan fingerprint density at radius 1 is 1.47 bits per heavy atom. The van der Waals surface area contributed by atoms with Crippen LogP contribution in [-0.4, -0.2) is 25.3 Å². The normalized spacial score (nSPS) is 20.4. The summed E-state index contributed by atoms with van der Waals surface area (Å²) in [6.45, 7) is 4.38. The summed E-state index contributed by atoms with van der Waals surface area (Å²) in [6, 6.07) is 6.88. The van der Waals surface area contributed by atoms with Gasteiger partial charge in [-0.1, -0.05) is 6.92 Å². The van der Waals surface area contributed by atoms with Gasteiger partial charge in [-0.3, -0.25) is 0 Å². The molecule has 0 amide bonds. The third-order valence-corrected chi connectivity index (χ3v) is 5.67. The number of nitriles is 1. The fourth-order valence-corrected chi connectivity index (χ4v) is 4.44. The summed E-state index contributed by atoms with van der Waals surface area (Å²) < 4.78 is 26.8. The maximum Gasteiger partial charge on any atom is 0.243 e. The fraction of sp³-hybridized carbons (Fsp3) is 0.500. The van der Waals surface area contributed by atoms with Crippen molar-refractivity contribution in [3.05, 3.63) is 29.3 Å². The molecule has 1 saturated heterocycles. The van der Waals surface area contributed by atoms with Crippen LogP contribution in [0.2, 0.25) is 0 Å². The van der Waals surface area contributed by atoms with Crippen molar-refractivity contribution in [3.63, 3.8) is 0 Å². The van der Waals surface area contributed by atoms with Crippen molar-refractivity contribution in [1.82, 2.24) is 4.31 Å². The highest BCUT2D eigenvalue weighted by Crippen LogP contribution is 2.28. The molecule has 102 valence electrons. The van der Waals surface area contributed by atoms with Gasteiger partial charge in [-0.2, -0.15) is 9.57 Å². The molecule has 1 aliphatic rings. The number of nitrogens with zero attached hydrogens (tertiary/aromatic N) is 2. The zero-order valence-electron chi connectivity index (χ0n) is 11.3. The molecule has 1 heterocycles. The Kier molecular flexibility index (Phi) is 3.93. The number of benzene rings is 1. The van der Waals surface area contributed by atoms with Crippen LogP contribution in [0.5, 0.6) is 0 Å².